The average Bonchev–Trinajstić information content (AvgIpc) is 2.94. The summed E-state index contributed by atoms with van der Waals surface area (Å²) in [5.41, 5.74) is 0.843. The molecule has 2 heterocycles. The van der Waals surface area contributed by atoms with Crippen molar-refractivity contribution >= 4 is 35.2 Å². The maximum atomic E-state index is 12.0. The molecule has 20 heavy (non-hydrogen) atoms. The maximum Gasteiger partial charge on any atom is 0.328 e. The highest BCUT2D eigenvalue weighted by molar-refractivity contribution is 7.15. The quantitative estimate of drug-likeness (QED) is 0.833. The molecule has 0 unspecified atom stereocenters. The molecule has 104 valence electrons. The number of carboxylic acid groups (broad SMARTS) is 1. The highest BCUT2D eigenvalue weighted by Gasteiger charge is 2.13. The zero-order valence-corrected chi connectivity index (χ0v) is 11.6. The topological polar surface area (TPSA) is 97.1 Å². The number of hydrogen-bond acceptors (Lipinski definition) is 5. The van der Waals surface area contributed by atoms with Crippen LogP contribution in [-0.2, 0) is 11.8 Å². The van der Waals surface area contributed by atoms with E-state index in [1.807, 2.05) is 6.92 Å². The average molecular weight is 292 g/mol. The van der Waals surface area contributed by atoms with E-state index in [-0.39, 0.29) is 5.91 Å². The van der Waals surface area contributed by atoms with Crippen LogP contribution in [0.3, 0.4) is 0 Å². The minimum absolute atomic E-state index is 0.302. The minimum atomic E-state index is -1.03. The fraction of sp³-hybridized carbons (Fsp3) is 0.167. The lowest BCUT2D eigenvalue weighted by Crippen LogP contribution is -2.14. The molecule has 2 N–H and O–H groups in total. The molecule has 2 aromatic heterocycles. The van der Waals surface area contributed by atoms with Crippen LogP contribution in [0.1, 0.15) is 20.1 Å². The number of carbonyl (C=O) groups is 2. The SMILES string of the molecule is Cc1cc(C(=O)Nc2ncnn2C)sc1/C=C/C(=O)O. The summed E-state index contributed by atoms with van der Waals surface area (Å²) in [7, 11) is 1.67. The van der Waals surface area contributed by atoms with Crippen molar-refractivity contribution < 1.29 is 14.7 Å². The molecule has 0 saturated heterocycles. The Morgan fingerprint density at radius 3 is 2.85 bits per heavy atom. The molecule has 0 aliphatic heterocycles. The van der Waals surface area contributed by atoms with Gasteiger partial charge < -0.3 is 5.11 Å². The van der Waals surface area contributed by atoms with Crippen LogP contribution in [0.2, 0.25) is 0 Å². The molecule has 0 aliphatic carbocycles. The molecule has 7 nitrogen and oxygen atoms in total. The number of carbonyl (C=O) groups excluding carboxylic acids is 1. The zero-order valence-electron chi connectivity index (χ0n) is 10.8. The number of amides is 1. The number of carboxylic acids is 1. The number of aliphatic carboxylic acids is 1. The van der Waals surface area contributed by atoms with Crippen LogP contribution in [0, 0.1) is 6.92 Å². The molecule has 0 aliphatic rings. The van der Waals surface area contributed by atoms with Crippen molar-refractivity contribution in [3.8, 4) is 0 Å². The van der Waals surface area contributed by atoms with Gasteiger partial charge in [-0.05, 0) is 24.6 Å². The molecule has 0 atom stereocenters. The van der Waals surface area contributed by atoms with Gasteiger partial charge >= 0.3 is 5.97 Å². The molecule has 0 aromatic carbocycles. The summed E-state index contributed by atoms with van der Waals surface area (Å²) in [5, 5.41) is 15.1. The molecule has 0 fully saturated rings. The van der Waals surface area contributed by atoms with Crippen LogP contribution in [0.5, 0.6) is 0 Å². The van der Waals surface area contributed by atoms with Gasteiger partial charge in [-0.15, -0.1) is 11.3 Å². The Kier molecular flexibility index (Phi) is 3.94. The summed E-state index contributed by atoms with van der Waals surface area (Å²) in [6.07, 6.45) is 3.86. The number of aryl methyl sites for hydroxylation is 2. The van der Waals surface area contributed by atoms with E-state index in [0.29, 0.717) is 10.8 Å². The molecular formula is C12H12N4O3S. The van der Waals surface area contributed by atoms with E-state index in [2.05, 4.69) is 15.4 Å². The molecule has 0 saturated carbocycles. The predicted octanol–water partition coefficient (Wildman–Crippen LogP) is 1.54. The van der Waals surface area contributed by atoms with Crippen LogP contribution >= 0.6 is 11.3 Å². The van der Waals surface area contributed by atoms with E-state index in [1.54, 1.807) is 13.1 Å². The summed E-state index contributed by atoms with van der Waals surface area (Å²) in [6, 6.07) is 1.71. The Morgan fingerprint density at radius 2 is 2.25 bits per heavy atom. The number of aromatic nitrogens is 3. The summed E-state index contributed by atoms with van der Waals surface area (Å²) in [5.74, 6) is -0.976. The molecule has 0 bridgehead atoms. The van der Waals surface area contributed by atoms with E-state index < -0.39 is 5.97 Å². The molecule has 2 aromatic rings. The van der Waals surface area contributed by atoms with Gasteiger partial charge in [0.25, 0.3) is 5.91 Å². The second kappa shape index (κ2) is 5.66. The van der Waals surface area contributed by atoms with E-state index >= 15 is 0 Å². The number of anilines is 1. The van der Waals surface area contributed by atoms with Crippen molar-refractivity contribution in [3.05, 3.63) is 33.8 Å². The normalized spacial score (nSPS) is 10.9. The van der Waals surface area contributed by atoms with Gasteiger partial charge in [-0.2, -0.15) is 10.1 Å². The van der Waals surface area contributed by atoms with Gasteiger partial charge in [0.15, 0.2) is 0 Å². The summed E-state index contributed by atoms with van der Waals surface area (Å²) >= 11 is 1.22. The highest BCUT2D eigenvalue weighted by Crippen LogP contribution is 2.24. The molecule has 1 amide bonds. The Labute approximate surface area is 118 Å². The summed E-state index contributed by atoms with van der Waals surface area (Å²) in [6.45, 7) is 1.82. The van der Waals surface area contributed by atoms with Crippen molar-refractivity contribution in [1.82, 2.24) is 14.8 Å². The first-order valence-corrected chi connectivity index (χ1v) is 6.46. The third-order valence-corrected chi connectivity index (χ3v) is 3.70. The largest absolute Gasteiger partial charge is 0.478 e. The number of thiophene rings is 1. The van der Waals surface area contributed by atoms with Gasteiger partial charge in [-0.3, -0.25) is 10.1 Å². The summed E-state index contributed by atoms with van der Waals surface area (Å²) < 4.78 is 1.45. The van der Waals surface area contributed by atoms with E-state index in [4.69, 9.17) is 5.11 Å². The van der Waals surface area contributed by atoms with Gasteiger partial charge in [-0.1, -0.05) is 0 Å². The van der Waals surface area contributed by atoms with Crippen molar-refractivity contribution in [2.45, 2.75) is 6.92 Å². The van der Waals surface area contributed by atoms with E-state index in [0.717, 1.165) is 16.5 Å². The summed E-state index contributed by atoms with van der Waals surface area (Å²) in [4.78, 5) is 27.7. The highest BCUT2D eigenvalue weighted by atomic mass is 32.1. The first kappa shape index (κ1) is 13.9. The second-order valence-corrected chi connectivity index (χ2v) is 5.07. The van der Waals surface area contributed by atoms with Crippen LogP contribution < -0.4 is 5.32 Å². The Bertz CT molecular complexity index is 687. The monoisotopic (exact) mass is 292 g/mol. The first-order chi connectivity index (χ1) is 9.47. The van der Waals surface area contributed by atoms with Gasteiger partial charge in [0.1, 0.15) is 6.33 Å². The molecule has 2 rings (SSSR count). The standard InChI is InChI=1S/C12H12N4O3S/c1-7-5-9(20-8(7)3-4-10(17)18)11(19)15-12-13-6-14-16(12)2/h3-6H,1-2H3,(H,17,18)(H,13,14,15,19)/b4-3+. The van der Waals surface area contributed by atoms with Crippen molar-refractivity contribution in [1.29, 1.82) is 0 Å². The fourth-order valence-corrected chi connectivity index (χ4v) is 2.47. The smallest absolute Gasteiger partial charge is 0.328 e. The maximum absolute atomic E-state index is 12.0. The van der Waals surface area contributed by atoms with Gasteiger partial charge in [0, 0.05) is 18.0 Å². The number of nitrogens with zero attached hydrogens (tertiary/aromatic N) is 3. The lowest BCUT2D eigenvalue weighted by Gasteiger charge is -2.00. The number of rotatable bonds is 4. The lowest BCUT2D eigenvalue weighted by molar-refractivity contribution is -0.131. The Balaban J connectivity index is 2.17. The van der Waals surface area contributed by atoms with Crippen LogP contribution in [0.15, 0.2) is 18.5 Å². The Hall–Kier alpha value is -2.48. The molecule has 8 heteroatoms. The molecule has 0 radical (unpaired) electrons. The van der Waals surface area contributed by atoms with Crippen molar-refractivity contribution in [2.75, 3.05) is 5.32 Å². The van der Waals surface area contributed by atoms with Gasteiger partial charge in [0.05, 0.1) is 4.88 Å². The van der Waals surface area contributed by atoms with Gasteiger partial charge in [-0.25, -0.2) is 9.48 Å². The zero-order chi connectivity index (χ0) is 14.7. The molecular weight excluding hydrogens is 280 g/mol. The fourth-order valence-electron chi connectivity index (χ4n) is 1.49. The second-order valence-electron chi connectivity index (χ2n) is 3.99. The lowest BCUT2D eigenvalue weighted by atomic mass is 10.2. The van der Waals surface area contributed by atoms with Crippen molar-refractivity contribution in [2.24, 2.45) is 7.05 Å². The van der Waals surface area contributed by atoms with E-state index in [9.17, 15) is 9.59 Å². The van der Waals surface area contributed by atoms with Crippen molar-refractivity contribution in [3.63, 3.8) is 0 Å². The van der Waals surface area contributed by atoms with E-state index in [1.165, 1.54) is 28.4 Å². The molecule has 0 spiro atoms. The number of nitrogens with one attached hydrogen (secondary N) is 1. The third kappa shape index (κ3) is 3.09. The first-order valence-electron chi connectivity index (χ1n) is 5.64. The van der Waals surface area contributed by atoms with Gasteiger partial charge in [0.2, 0.25) is 5.95 Å². The van der Waals surface area contributed by atoms with Crippen LogP contribution in [0.25, 0.3) is 6.08 Å². The van der Waals surface area contributed by atoms with Crippen LogP contribution in [0.4, 0.5) is 5.95 Å². The third-order valence-electron chi connectivity index (χ3n) is 2.49. The predicted molar refractivity (Wildman–Crippen MR) is 74.7 cm³/mol. The number of hydrogen-bond donors (Lipinski definition) is 2. The Morgan fingerprint density at radius 1 is 1.50 bits per heavy atom. The minimum Gasteiger partial charge on any atom is -0.478 e. The van der Waals surface area contributed by atoms with Crippen LogP contribution in [-0.4, -0.2) is 31.7 Å².